The molecule has 0 fully saturated rings. The normalized spacial score (nSPS) is 12.6. The van der Waals surface area contributed by atoms with Crippen molar-refractivity contribution in [3.05, 3.63) is 59.7 Å². The molecule has 2 aromatic rings. The summed E-state index contributed by atoms with van der Waals surface area (Å²) in [6.07, 6.45) is 4.17. The highest BCUT2D eigenvalue weighted by atomic mass is 19.1. The van der Waals surface area contributed by atoms with Gasteiger partial charge in [-0.25, -0.2) is 4.39 Å². The van der Waals surface area contributed by atoms with Crippen molar-refractivity contribution in [3.8, 4) is 0 Å². The van der Waals surface area contributed by atoms with Gasteiger partial charge in [0, 0.05) is 18.9 Å². The number of hydrogen-bond acceptors (Lipinski definition) is 1. The Balaban J connectivity index is 2.08. The lowest BCUT2D eigenvalue weighted by atomic mass is 10.1. The summed E-state index contributed by atoms with van der Waals surface area (Å²) in [5.74, 6) is -0.219. The summed E-state index contributed by atoms with van der Waals surface area (Å²) in [5, 5.41) is 9.68. The van der Waals surface area contributed by atoms with E-state index in [-0.39, 0.29) is 5.82 Å². The fourth-order valence-electron chi connectivity index (χ4n) is 1.79. The highest BCUT2D eigenvalue weighted by molar-refractivity contribution is 5.19. The number of aliphatic hydroxyl groups is 1. The fraction of sp³-hybridized carbons (Fsp3) is 0.286. The summed E-state index contributed by atoms with van der Waals surface area (Å²) in [5.41, 5.74) is 1.97. The Morgan fingerprint density at radius 1 is 1.24 bits per heavy atom. The molecule has 0 amide bonds. The maximum atomic E-state index is 12.7. The number of hydrogen-bond donors (Lipinski definition) is 1. The SMILES string of the molecule is CCC(O)c1ccn(Cc2ccc(F)cc2)c1. The summed E-state index contributed by atoms with van der Waals surface area (Å²) in [6, 6.07) is 8.37. The third kappa shape index (κ3) is 2.94. The highest BCUT2D eigenvalue weighted by Crippen LogP contribution is 2.17. The van der Waals surface area contributed by atoms with E-state index >= 15 is 0 Å². The smallest absolute Gasteiger partial charge is 0.123 e. The Kier molecular flexibility index (Phi) is 3.59. The lowest BCUT2D eigenvalue weighted by Gasteiger charge is -2.05. The molecule has 0 saturated carbocycles. The standard InChI is InChI=1S/C14H16FNO/c1-2-14(17)12-7-8-16(10-12)9-11-3-5-13(15)6-4-11/h3-8,10,14,17H,2,9H2,1H3. The minimum absolute atomic E-state index is 0.219. The van der Waals surface area contributed by atoms with Gasteiger partial charge in [0.15, 0.2) is 0 Å². The second-order valence-corrected chi connectivity index (χ2v) is 4.17. The second-order valence-electron chi connectivity index (χ2n) is 4.17. The molecule has 0 aliphatic heterocycles. The Hall–Kier alpha value is -1.61. The largest absolute Gasteiger partial charge is 0.388 e. The number of nitrogens with zero attached hydrogens (tertiary/aromatic N) is 1. The van der Waals surface area contributed by atoms with Gasteiger partial charge in [0.1, 0.15) is 5.82 Å². The Bertz CT molecular complexity index is 475. The van der Waals surface area contributed by atoms with Crippen LogP contribution in [0.25, 0.3) is 0 Å². The maximum Gasteiger partial charge on any atom is 0.123 e. The number of aliphatic hydroxyl groups excluding tert-OH is 1. The molecule has 1 aromatic carbocycles. The average Bonchev–Trinajstić information content (AvgIpc) is 2.80. The van der Waals surface area contributed by atoms with E-state index < -0.39 is 6.10 Å². The van der Waals surface area contributed by atoms with Crippen molar-refractivity contribution in [3.63, 3.8) is 0 Å². The molecule has 2 rings (SSSR count). The molecule has 0 aliphatic carbocycles. The Morgan fingerprint density at radius 3 is 2.59 bits per heavy atom. The summed E-state index contributed by atoms with van der Waals surface area (Å²) >= 11 is 0. The van der Waals surface area contributed by atoms with E-state index in [0.29, 0.717) is 13.0 Å². The van der Waals surface area contributed by atoms with Crippen molar-refractivity contribution in [2.75, 3.05) is 0 Å². The van der Waals surface area contributed by atoms with Crippen LogP contribution in [-0.2, 0) is 6.54 Å². The van der Waals surface area contributed by atoms with Crippen LogP contribution in [0.1, 0.15) is 30.6 Å². The first-order chi connectivity index (χ1) is 8.19. The fourth-order valence-corrected chi connectivity index (χ4v) is 1.79. The summed E-state index contributed by atoms with van der Waals surface area (Å²) in [4.78, 5) is 0. The van der Waals surface area contributed by atoms with Crippen LogP contribution in [0.3, 0.4) is 0 Å². The molecule has 0 aliphatic rings. The molecule has 90 valence electrons. The average molecular weight is 233 g/mol. The van der Waals surface area contributed by atoms with Crippen LogP contribution in [0.2, 0.25) is 0 Å². The van der Waals surface area contributed by atoms with Gasteiger partial charge >= 0.3 is 0 Å². The first-order valence-corrected chi connectivity index (χ1v) is 5.77. The lowest BCUT2D eigenvalue weighted by molar-refractivity contribution is 0.173. The van der Waals surface area contributed by atoms with Gasteiger partial charge in [-0.05, 0) is 35.7 Å². The highest BCUT2D eigenvalue weighted by Gasteiger charge is 2.06. The molecule has 1 unspecified atom stereocenters. The van der Waals surface area contributed by atoms with Gasteiger partial charge in [-0.1, -0.05) is 19.1 Å². The first-order valence-electron chi connectivity index (χ1n) is 5.77. The van der Waals surface area contributed by atoms with Gasteiger partial charge in [-0.3, -0.25) is 0 Å². The van der Waals surface area contributed by atoms with E-state index in [1.165, 1.54) is 12.1 Å². The third-order valence-electron chi connectivity index (χ3n) is 2.82. The van der Waals surface area contributed by atoms with Crippen LogP contribution in [-0.4, -0.2) is 9.67 Å². The molecule has 3 heteroatoms. The second kappa shape index (κ2) is 5.15. The molecule has 2 nitrogen and oxygen atoms in total. The van der Waals surface area contributed by atoms with Crippen molar-refractivity contribution < 1.29 is 9.50 Å². The van der Waals surface area contributed by atoms with E-state index in [9.17, 15) is 9.50 Å². The molecule has 0 spiro atoms. The number of benzene rings is 1. The monoisotopic (exact) mass is 233 g/mol. The molecule has 1 atom stereocenters. The van der Waals surface area contributed by atoms with Crippen LogP contribution in [0.4, 0.5) is 4.39 Å². The van der Waals surface area contributed by atoms with Crippen molar-refractivity contribution >= 4 is 0 Å². The minimum atomic E-state index is -0.399. The zero-order valence-electron chi connectivity index (χ0n) is 9.81. The molecule has 0 saturated heterocycles. The number of aromatic nitrogens is 1. The zero-order chi connectivity index (χ0) is 12.3. The van der Waals surface area contributed by atoms with Crippen LogP contribution < -0.4 is 0 Å². The third-order valence-corrected chi connectivity index (χ3v) is 2.82. The van der Waals surface area contributed by atoms with E-state index in [0.717, 1.165) is 11.1 Å². The lowest BCUT2D eigenvalue weighted by Crippen LogP contribution is -1.97. The molecule has 1 heterocycles. The van der Waals surface area contributed by atoms with Gasteiger partial charge in [0.25, 0.3) is 0 Å². The van der Waals surface area contributed by atoms with Gasteiger partial charge in [0.2, 0.25) is 0 Å². The van der Waals surface area contributed by atoms with Crippen LogP contribution >= 0.6 is 0 Å². The van der Waals surface area contributed by atoms with Crippen LogP contribution in [0, 0.1) is 5.82 Å². The topological polar surface area (TPSA) is 25.2 Å². The van der Waals surface area contributed by atoms with Crippen molar-refractivity contribution in [1.82, 2.24) is 4.57 Å². The van der Waals surface area contributed by atoms with Gasteiger partial charge in [-0.2, -0.15) is 0 Å². The van der Waals surface area contributed by atoms with E-state index in [1.54, 1.807) is 12.1 Å². The molecular formula is C14H16FNO. The summed E-state index contributed by atoms with van der Waals surface area (Å²) in [6.45, 7) is 2.64. The molecule has 1 N–H and O–H groups in total. The van der Waals surface area contributed by atoms with Gasteiger partial charge < -0.3 is 9.67 Å². The quantitative estimate of drug-likeness (QED) is 0.862. The first kappa shape index (κ1) is 11.9. The minimum Gasteiger partial charge on any atom is -0.388 e. The number of halogens is 1. The predicted molar refractivity (Wildman–Crippen MR) is 65.2 cm³/mol. The van der Waals surface area contributed by atoms with E-state index in [4.69, 9.17) is 0 Å². The van der Waals surface area contributed by atoms with Crippen molar-refractivity contribution in [1.29, 1.82) is 0 Å². The van der Waals surface area contributed by atoms with Crippen LogP contribution in [0.5, 0.6) is 0 Å². The summed E-state index contributed by atoms with van der Waals surface area (Å²) < 4.78 is 14.7. The van der Waals surface area contributed by atoms with Crippen LogP contribution in [0.15, 0.2) is 42.7 Å². The summed E-state index contributed by atoms with van der Waals surface area (Å²) in [7, 11) is 0. The molecule has 1 aromatic heterocycles. The van der Waals surface area contributed by atoms with Gasteiger partial charge in [0.05, 0.1) is 6.10 Å². The van der Waals surface area contributed by atoms with Crippen molar-refractivity contribution in [2.45, 2.75) is 26.0 Å². The molecule has 0 radical (unpaired) electrons. The van der Waals surface area contributed by atoms with E-state index in [2.05, 4.69) is 0 Å². The van der Waals surface area contributed by atoms with E-state index in [1.807, 2.05) is 30.0 Å². The molecular weight excluding hydrogens is 217 g/mol. The molecule has 17 heavy (non-hydrogen) atoms. The van der Waals surface area contributed by atoms with Gasteiger partial charge in [-0.15, -0.1) is 0 Å². The zero-order valence-corrected chi connectivity index (χ0v) is 9.81. The number of rotatable bonds is 4. The Morgan fingerprint density at radius 2 is 1.94 bits per heavy atom. The van der Waals surface area contributed by atoms with Crippen molar-refractivity contribution in [2.24, 2.45) is 0 Å². The molecule has 0 bridgehead atoms. The Labute approximate surface area is 100 Å². The predicted octanol–water partition coefficient (Wildman–Crippen LogP) is 3.12. The maximum absolute atomic E-state index is 12.7.